The van der Waals surface area contributed by atoms with Gasteiger partial charge in [0.1, 0.15) is 5.78 Å². The number of hydrogen-bond acceptors (Lipinski definition) is 1. The quantitative estimate of drug-likeness (QED) is 0.581. The van der Waals surface area contributed by atoms with E-state index >= 15 is 0 Å². The summed E-state index contributed by atoms with van der Waals surface area (Å²) >= 11 is 0. The lowest BCUT2D eigenvalue weighted by Gasteiger charge is -2.34. The molecular formula is C16H22O. The zero-order valence-electron chi connectivity index (χ0n) is 10.9. The number of carbonyl (C=O) groups is 1. The van der Waals surface area contributed by atoms with Crippen LogP contribution in [0, 0.1) is 34.5 Å². The molecule has 0 aromatic rings. The van der Waals surface area contributed by atoms with Gasteiger partial charge in [-0.2, -0.15) is 0 Å². The van der Waals surface area contributed by atoms with Crippen molar-refractivity contribution in [2.45, 2.75) is 46.0 Å². The second-order valence-electron chi connectivity index (χ2n) is 7.26. The van der Waals surface area contributed by atoms with Gasteiger partial charge in [-0.25, -0.2) is 0 Å². The highest BCUT2D eigenvalue weighted by molar-refractivity contribution is 5.90. The van der Waals surface area contributed by atoms with Gasteiger partial charge >= 0.3 is 0 Å². The van der Waals surface area contributed by atoms with Crippen LogP contribution < -0.4 is 0 Å². The maximum absolute atomic E-state index is 12.6. The smallest absolute Gasteiger partial charge is 0.142 e. The first kappa shape index (κ1) is 10.3. The zero-order chi connectivity index (χ0) is 11.8. The second kappa shape index (κ2) is 2.87. The van der Waals surface area contributed by atoms with Gasteiger partial charge < -0.3 is 0 Å². The average Bonchev–Trinajstić information content (AvgIpc) is 2.92. The molecule has 0 amide bonds. The molecule has 4 rings (SSSR count). The predicted octanol–water partition coefficient (Wildman–Crippen LogP) is 3.59. The molecule has 4 aliphatic carbocycles. The monoisotopic (exact) mass is 230 g/mol. The van der Waals surface area contributed by atoms with Crippen LogP contribution in [0.15, 0.2) is 12.2 Å². The van der Waals surface area contributed by atoms with Gasteiger partial charge in [0.15, 0.2) is 0 Å². The minimum Gasteiger partial charge on any atom is -0.299 e. The lowest BCUT2D eigenvalue weighted by Crippen LogP contribution is -2.36. The van der Waals surface area contributed by atoms with E-state index < -0.39 is 0 Å². The Morgan fingerprint density at radius 3 is 2.94 bits per heavy atom. The maximum atomic E-state index is 12.6. The van der Waals surface area contributed by atoms with E-state index in [1.54, 1.807) is 0 Å². The fourth-order valence-corrected chi connectivity index (χ4v) is 6.16. The molecular weight excluding hydrogens is 208 g/mol. The molecule has 1 heteroatoms. The van der Waals surface area contributed by atoms with Crippen LogP contribution in [-0.2, 0) is 4.79 Å². The Morgan fingerprint density at radius 2 is 2.12 bits per heavy atom. The molecule has 3 saturated carbocycles. The number of allylic oxidation sites excluding steroid dienone is 2. The summed E-state index contributed by atoms with van der Waals surface area (Å²) in [5.74, 6) is 3.14. The van der Waals surface area contributed by atoms with E-state index in [1.165, 1.54) is 25.7 Å². The van der Waals surface area contributed by atoms with Crippen LogP contribution >= 0.6 is 0 Å². The van der Waals surface area contributed by atoms with Crippen molar-refractivity contribution < 1.29 is 4.79 Å². The summed E-state index contributed by atoms with van der Waals surface area (Å²) in [7, 11) is 0. The fraction of sp³-hybridized carbons (Fsp3) is 0.812. The number of rotatable bonds is 0. The first-order chi connectivity index (χ1) is 8.09. The molecule has 0 saturated heterocycles. The molecule has 17 heavy (non-hydrogen) atoms. The van der Waals surface area contributed by atoms with Crippen LogP contribution in [0.25, 0.3) is 0 Å². The number of hydrogen-bond donors (Lipinski definition) is 0. The van der Waals surface area contributed by atoms with E-state index in [-0.39, 0.29) is 5.41 Å². The van der Waals surface area contributed by atoms with Crippen molar-refractivity contribution in [1.82, 2.24) is 0 Å². The largest absolute Gasteiger partial charge is 0.299 e. The molecule has 0 N–H and O–H groups in total. The van der Waals surface area contributed by atoms with E-state index in [2.05, 4.69) is 26.0 Å². The highest BCUT2D eigenvalue weighted by Gasteiger charge is 2.69. The lowest BCUT2D eigenvalue weighted by atomic mass is 9.68. The van der Waals surface area contributed by atoms with Crippen LogP contribution in [0.1, 0.15) is 46.0 Å². The third kappa shape index (κ3) is 0.936. The highest BCUT2D eigenvalue weighted by atomic mass is 16.1. The van der Waals surface area contributed by atoms with Crippen molar-refractivity contribution in [2.24, 2.45) is 34.5 Å². The van der Waals surface area contributed by atoms with E-state index in [0.29, 0.717) is 29.0 Å². The maximum Gasteiger partial charge on any atom is 0.142 e. The molecule has 0 aliphatic heterocycles. The Labute approximate surface area is 104 Å². The normalized spacial score (nSPS) is 59.5. The lowest BCUT2D eigenvalue weighted by molar-refractivity contribution is -0.131. The van der Waals surface area contributed by atoms with E-state index in [0.717, 1.165) is 12.3 Å². The standard InChI is InChI=1S/C16H22O/c1-10-8-12-9-16-7-3-4-11(16)5-6-13(16)15(12,2)14(10)17/h3,7,10-13H,4-6,8-9H2,1-2H3/t10-,11-,12-,13+,15+,16+/m1/s1. The summed E-state index contributed by atoms with van der Waals surface area (Å²) in [4.78, 5) is 12.6. The Balaban J connectivity index is 1.83. The first-order valence-electron chi connectivity index (χ1n) is 7.31. The van der Waals surface area contributed by atoms with Gasteiger partial charge in [0, 0.05) is 11.3 Å². The van der Waals surface area contributed by atoms with E-state index in [4.69, 9.17) is 0 Å². The molecule has 92 valence electrons. The van der Waals surface area contributed by atoms with Gasteiger partial charge in [-0.15, -0.1) is 0 Å². The average molecular weight is 230 g/mol. The molecule has 6 atom stereocenters. The molecule has 0 bridgehead atoms. The molecule has 1 nitrogen and oxygen atoms in total. The van der Waals surface area contributed by atoms with Crippen molar-refractivity contribution >= 4 is 5.78 Å². The molecule has 0 aromatic heterocycles. The summed E-state index contributed by atoms with van der Waals surface area (Å²) in [6.45, 7) is 4.45. The van der Waals surface area contributed by atoms with Crippen LogP contribution in [0.5, 0.6) is 0 Å². The fourth-order valence-electron chi connectivity index (χ4n) is 6.16. The second-order valence-corrected chi connectivity index (χ2v) is 7.26. The molecule has 0 aromatic carbocycles. The van der Waals surface area contributed by atoms with Gasteiger partial charge in [-0.1, -0.05) is 26.0 Å². The summed E-state index contributed by atoms with van der Waals surface area (Å²) in [6, 6.07) is 0. The summed E-state index contributed by atoms with van der Waals surface area (Å²) in [5, 5.41) is 0. The Hall–Kier alpha value is -0.590. The number of Topliss-reactive ketones (excluding diaryl/α,β-unsaturated/α-hetero) is 1. The molecule has 0 radical (unpaired) electrons. The third-order valence-corrected chi connectivity index (χ3v) is 6.85. The first-order valence-corrected chi connectivity index (χ1v) is 7.31. The van der Waals surface area contributed by atoms with Crippen LogP contribution in [0.3, 0.4) is 0 Å². The van der Waals surface area contributed by atoms with Crippen molar-refractivity contribution in [3.8, 4) is 0 Å². The van der Waals surface area contributed by atoms with Gasteiger partial charge in [0.05, 0.1) is 0 Å². The van der Waals surface area contributed by atoms with Gasteiger partial charge in [0.2, 0.25) is 0 Å². The summed E-state index contributed by atoms with van der Waals surface area (Å²) < 4.78 is 0. The zero-order valence-corrected chi connectivity index (χ0v) is 10.9. The van der Waals surface area contributed by atoms with Crippen molar-refractivity contribution in [3.05, 3.63) is 12.2 Å². The van der Waals surface area contributed by atoms with Crippen molar-refractivity contribution in [1.29, 1.82) is 0 Å². The highest BCUT2D eigenvalue weighted by Crippen LogP contribution is 2.73. The molecule has 0 unspecified atom stereocenters. The number of ketones is 1. The third-order valence-electron chi connectivity index (χ3n) is 6.85. The number of fused-ring (bicyclic) bond motifs is 2. The van der Waals surface area contributed by atoms with E-state index in [9.17, 15) is 4.79 Å². The number of carbonyl (C=O) groups excluding carboxylic acids is 1. The van der Waals surface area contributed by atoms with Gasteiger partial charge in [-0.3, -0.25) is 4.79 Å². The molecule has 3 fully saturated rings. The van der Waals surface area contributed by atoms with Gasteiger partial charge in [0.25, 0.3) is 0 Å². The molecule has 4 aliphatic rings. The topological polar surface area (TPSA) is 17.1 Å². The van der Waals surface area contributed by atoms with Gasteiger partial charge in [-0.05, 0) is 55.3 Å². The van der Waals surface area contributed by atoms with Crippen LogP contribution in [0.4, 0.5) is 0 Å². The molecule has 0 heterocycles. The van der Waals surface area contributed by atoms with Crippen molar-refractivity contribution in [3.63, 3.8) is 0 Å². The summed E-state index contributed by atoms with van der Waals surface area (Å²) in [5.41, 5.74) is 0.470. The Kier molecular flexibility index (Phi) is 1.74. The minimum atomic E-state index is 0.0306. The van der Waals surface area contributed by atoms with Crippen LogP contribution in [0.2, 0.25) is 0 Å². The Morgan fingerprint density at radius 1 is 1.29 bits per heavy atom. The minimum absolute atomic E-state index is 0.0306. The van der Waals surface area contributed by atoms with Crippen LogP contribution in [-0.4, -0.2) is 5.78 Å². The SMILES string of the molecule is C[C@@H]1C[C@@H]2C[C@@]34C=CC[C@@H]3CC[C@H]4[C@@]2(C)C1=O. The Bertz CT molecular complexity index is 423. The van der Waals surface area contributed by atoms with E-state index in [1.807, 2.05) is 0 Å². The molecule has 1 spiro atoms. The van der Waals surface area contributed by atoms with Crippen molar-refractivity contribution in [2.75, 3.05) is 0 Å². The predicted molar refractivity (Wildman–Crippen MR) is 67.4 cm³/mol. The summed E-state index contributed by atoms with van der Waals surface area (Å²) in [6.07, 6.45) is 11.3.